The molecular formula is C18H16ClN3O5. The van der Waals surface area contributed by atoms with Gasteiger partial charge in [0.25, 0.3) is 11.6 Å². The summed E-state index contributed by atoms with van der Waals surface area (Å²) in [7, 11) is 0. The third kappa shape index (κ3) is 5.18. The Balaban J connectivity index is 1.59. The van der Waals surface area contributed by atoms with Gasteiger partial charge in [-0.3, -0.25) is 14.9 Å². The van der Waals surface area contributed by atoms with Gasteiger partial charge in [0.05, 0.1) is 10.5 Å². The zero-order valence-electron chi connectivity index (χ0n) is 14.1. The summed E-state index contributed by atoms with van der Waals surface area (Å²) in [5.41, 5.74) is 0.662. The van der Waals surface area contributed by atoms with Gasteiger partial charge < -0.3 is 15.4 Å². The number of nitrogens with one attached hydrogen (secondary N) is 2. The van der Waals surface area contributed by atoms with Gasteiger partial charge in [-0.15, -0.1) is 0 Å². The van der Waals surface area contributed by atoms with Gasteiger partial charge >= 0.3 is 5.97 Å². The van der Waals surface area contributed by atoms with E-state index < -0.39 is 23.4 Å². The van der Waals surface area contributed by atoms with Crippen molar-refractivity contribution in [2.24, 2.45) is 0 Å². The van der Waals surface area contributed by atoms with E-state index in [-0.39, 0.29) is 17.3 Å². The largest absolute Gasteiger partial charge is 0.452 e. The van der Waals surface area contributed by atoms with Crippen LogP contribution >= 0.6 is 11.6 Å². The molecule has 1 saturated carbocycles. The maximum atomic E-state index is 12.1. The Morgan fingerprint density at radius 1 is 1.19 bits per heavy atom. The van der Waals surface area contributed by atoms with Gasteiger partial charge in [-0.05, 0) is 49.2 Å². The molecule has 3 rings (SSSR count). The smallest absolute Gasteiger partial charge is 0.338 e. The second-order valence-corrected chi connectivity index (χ2v) is 6.48. The maximum Gasteiger partial charge on any atom is 0.338 e. The fourth-order valence-electron chi connectivity index (χ4n) is 2.32. The van der Waals surface area contributed by atoms with Crippen molar-refractivity contribution in [1.82, 2.24) is 0 Å². The number of hydrogen-bond donors (Lipinski definition) is 2. The quantitative estimate of drug-likeness (QED) is 0.425. The van der Waals surface area contributed by atoms with Crippen LogP contribution < -0.4 is 10.6 Å². The summed E-state index contributed by atoms with van der Waals surface area (Å²) in [5, 5.41) is 17.4. The molecule has 1 fully saturated rings. The van der Waals surface area contributed by atoms with Gasteiger partial charge in [-0.25, -0.2) is 4.79 Å². The molecule has 0 aliphatic heterocycles. The lowest BCUT2D eigenvalue weighted by atomic mass is 10.1. The highest BCUT2D eigenvalue weighted by molar-refractivity contribution is 6.30. The van der Waals surface area contributed by atoms with E-state index in [1.165, 1.54) is 12.1 Å². The Labute approximate surface area is 159 Å². The van der Waals surface area contributed by atoms with Crippen LogP contribution in [0.4, 0.5) is 17.1 Å². The molecule has 27 heavy (non-hydrogen) atoms. The predicted molar refractivity (Wildman–Crippen MR) is 100 cm³/mol. The van der Waals surface area contributed by atoms with Gasteiger partial charge in [0.1, 0.15) is 5.69 Å². The number of anilines is 2. The first-order valence-electron chi connectivity index (χ1n) is 8.20. The molecule has 0 aromatic heterocycles. The lowest BCUT2D eigenvalue weighted by molar-refractivity contribution is -0.384. The highest BCUT2D eigenvalue weighted by atomic mass is 35.5. The van der Waals surface area contributed by atoms with Crippen LogP contribution in [-0.4, -0.2) is 29.4 Å². The zero-order chi connectivity index (χ0) is 19.4. The van der Waals surface area contributed by atoms with Crippen molar-refractivity contribution in [2.75, 3.05) is 17.2 Å². The number of esters is 1. The van der Waals surface area contributed by atoms with Gasteiger partial charge in [0, 0.05) is 22.8 Å². The first-order valence-corrected chi connectivity index (χ1v) is 8.57. The molecule has 2 aromatic rings. The molecule has 0 atom stereocenters. The molecule has 0 bridgehead atoms. The third-order valence-electron chi connectivity index (χ3n) is 3.83. The van der Waals surface area contributed by atoms with Crippen LogP contribution in [0, 0.1) is 10.1 Å². The number of nitro groups is 1. The maximum absolute atomic E-state index is 12.1. The molecule has 8 nitrogen and oxygen atoms in total. The van der Waals surface area contributed by atoms with Gasteiger partial charge in [0.15, 0.2) is 6.61 Å². The van der Waals surface area contributed by atoms with E-state index in [2.05, 4.69) is 10.6 Å². The highest BCUT2D eigenvalue weighted by Crippen LogP contribution is 2.31. The summed E-state index contributed by atoms with van der Waals surface area (Å²) in [6.07, 6.45) is 1.92. The monoisotopic (exact) mass is 389 g/mol. The first-order chi connectivity index (χ1) is 12.9. The van der Waals surface area contributed by atoms with Crippen LogP contribution in [0.5, 0.6) is 0 Å². The molecular weight excluding hydrogens is 374 g/mol. The van der Waals surface area contributed by atoms with Crippen molar-refractivity contribution in [3.63, 3.8) is 0 Å². The second-order valence-electron chi connectivity index (χ2n) is 6.04. The highest BCUT2D eigenvalue weighted by Gasteiger charge is 2.26. The molecule has 2 aromatic carbocycles. The van der Waals surface area contributed by atoms with Crippen LogP contribution in [0.1, 0.15) is 23.2 Å². The van der Waals surface area contributed by atoms with Crippen LogP contribution in [0.3, 0.4) is 0 Å². The summed E-state index contributed by atoms with van der Waals surface area (Å²) in [4.78, 5) is 34.6. The molecule has 1 aliphatic rings. The SMILES string of the molecule is O=C(COC(=O)c1ccc(NC2CC2)c([N+](=O)[O-])c1)Nc1ccc(Cl)cc1. The molecule has 0 saturated heterocycles. The number of benzene rings is 2. The molecule has 0 unspecified atom stereocenters. The number of ether oxygens (including phenoxy) is 1. The normalized spacial score (nSPS) is 12.9. The number of carbonyl (C=O) groups excluding carboxylic acids is 2. The molecule has 0 spiro atoms. The molecule has 140 valence electrons. The van der Waals surface area contributed by atoms with E-state index in [1.807, 2.05) is 0 Å². The topological polar surface area (TPSA) is 111 Å². The predicted octanol–water partition coefficient (Wildman–Crippen LogP) is 3.62. The van der Waals surface area contributed by atoms with Crippen LogP contribution in [0.2, 0.25) is 5.02 Å². The van der Waals surface area contributed by atoms with E-state index in [0.29, 0.717) is 16.4 Å². The Morgan fingerprint density at radius 3 is 2.52 bits per heavy atom. The Morgan fingerprint density at radius 2 is 1.89 bits per heavy atom. The van der Waals surface area contributed by atoms with Crippen molar-refractivity contribution < 1.29 is 19.2 Å². The zero-order valence-corrected chi connectivity index (χ0v) is 14.9. The number of amides is 1. The summed E-state index contributed by atoms with van der Waals surface area (Å²) in [6.45, 7) is -0.517. The van der Waals surface area contributed by atoms with Crippen LogP contribution in [0.15, 0.2) is 42.5 Å². The van der Waals surface area contributed by atoms with Crippen molar-refractivity contribution in [3.05, 3.63) is 63.2 Å². The standard InChI is InChI=1S/C18H16ClN3O5/c19-12-2-4-14(5-3-12)21-17(23)10-27-18(24)11-1-8-15(20-13-6-7-13)16(9-11)22(25)26/h1-5,8-9,13,20H,6-7,10H2,(H,21,23). The van der Waals surface area contributed by atoms with Gasteiger partial charge in [-0.2, -0.15) is 0 Å². The Kier molecular flexibility index (Phi) is 5.56. The summed E-state index contributed by atoms with van der Waals surface area (Å²) in [6, 6.07) is 10.7. The first kappa shape index (κ1) is 18.7. The molecule has 9 heteroatoms. The summed E-state index contributed by atoms with van der Waals surface area (Å²) < 4.78 is 4.93. The molecule has 0 heterocycles. The minimum absolute atomic E-state index is 0.00217. The van der Waals surface area contributed by atoms with Crippen molar-refractivity contribution in [2.45, 2.75) is 18.9 Å². The number of halogens is 1. The fraction of sp³-hybridized carbons (Fsp3) is 0.222. The number of rotatable bonds is 7. The second kappa shape index (κ2) is 8.05. The van der Waals surface area contributed by atoms with E-state index in [4.69, 9.17) is 16.3 Å². The Hall–Kier alpha value is -3.13. The minimum atomic E-state index is -0.817. The van der Waals surface area contributed by atoms with E-state index in [1.54, 1.807) is 24.3 Å². The van der Waals surface area contributed by atoms with Crippen molar-refractivity contribution in [3.8, 4) is 0 Å². The molecule has 2 N–H and O–H groups in total. The lowest BCUT2D eigenvalue weighted by Crippen LogP contribution is -2.21. The molecule has 1 amide bonds. The molecule has 0 radical (unpaired) electrons. The van der Waals surface area contributed by atoms with E-state index in [0.717, 1.165) is 18.9 Å². The van der Waals surface area contributed by atoms with Gasteiger partial charge in [-0.1, -0.05) is 11.6 Å². The summed E-state index contributed by atoms with van der Waals surface area (Å²) >= 11 is 5.76. The minimum Gasteiger partial charge on any atom is -0.452 e. The van der Waals surface area contributed by atoms with Crippen LogP contribution in [0.25, 0.3) is 0 Å². The van der Waals surface area contributed by atoms with Crippen molar-refractivity contribution >= 4 is 40.5 Å². The number of hydrogen-bond acceptors (Lipinski definition) is 6. The Bertz CT molecular complexity index is 881. The summed E-state index contributed by atoms with van der Waals surface area (Å²) in [5.74, 6) is -1.35. The van der Waals surface area contributed by atoms with Gasteiger partial charge in [0.2, 0.25) is 0 Å². The van der Waals surface area contributed by atoms with Crippen molar-refractivity contribution in [1.29, 1.82) is 0 Å². The lowest BCUT2D eigenvalue weighted by Gasteiger charge is -2.09. The number of nitro benzene ring substituents is 1. The average Bonchev–Trinajstić information content (AvgIpc) is 3.46. The van der Waals surface area contributed by atoms with Crippen LogP contribution in [-0.2, 0) is 9.53 Å². The van der Waals surface area contributed by atoms with E-state index >= 15 is 0 Å². The average molecular weight is 390 g/mol. The van der Waals surface area contributed by atoms with E-state index in [9.17, 15) is 19.7 Å². The number of nitrogens with zero attached hydrogens (tertiary/aromatic N) is 1. The number of carbonyl (C=O) groups is 2. The third-order valence-corrected chi connectivity index (χ3v) is 4.08. The fourth-order valence-corrected chi connectivity index (χ4v) is 2.45. The molecule has 1 aliphatic carbocycles.